The molecule has 3 nitrogen and oxygen atoms in total. The molecule has 1 atom stereocenters. The van der Waals surface area contributed by atoms with Crippen molar-refractivity contribution < 1.29 is 4.74 Å². The van der Waals surface area contributed by atoms with Gasteiger partial charge in [-0.05, 0) is 40.0 Å². The number of hydrogen-bond acceptors (Lipinski definition) is 3. The molecule has 16 heavy (non-hydrogen) atoms. The van der Waals surface area contributed by atoms with Gasteiger partial charge in [-0.15, -0.1) is 0 Å². The van der Waals surface area contributed by atoms with Crippen molar-refractivity contribution >= 4 is 16.9 Å². The Hall–Kier alpha value is -0.220. The van der Waals surface area contributed by atoms with Crippen LogP contribution in [0.25, 0.3) is 0 Å². The summed E-state index contributed by atoms with van der Waals surface area (Å²) in [6.45, 7) is 8.32. The van der Waals surface area contributed by atoms with E-state index < -0.39 is 0 Å². The summed E-state index contributed by atoms with van der Waals surface area (Å²) in [5.41, 5.74) is 0.179. The molecule has 2 rings (SSSR count). The van der Waals surface area contributed by atoms with Crippen LogP contribution in [0.15, 0.2) is 4.99 Å². The van der Waals surface area contributed by atoms with Crippen LogP contribution in [0.5, 0.6) is 0 Å². The fourth-order valence-electron chi connectivity index (χ4n) is 2.08. The minimum absolute atomic E-state index is 0.0170. The van der Waals surface area contributed by atoms with Crippen LogP contribution in [0.4, 0.5) is 0 Å². The Morgan fingerprint density at radius 3 is 2.81 bits per heavy atom. The zero-order valence-electron chi connectivity index (χ0n) is 10.5. The molecule has 2 fully saturated rings. The fraction of sp³-hybridized carbons (Fsp3) is 0.917. The SMILES string of the molecule is CC1(C)CCSC(=NCC2(C)CCCO2)N1. The third-order valence-electron chi connectivity index (χ3n) is 3.27. The van der Waals surface area contributed by atoms with Crippen LogP contribution in [-0.2, 0) is 4.74 Å². The van der Waals surface area contributed by atoms with E-state index in [1.165, 1.54) is 12.8 Å². The van der Waals surface area contributed by atoms with Crippen LogP contribution >= 0.6 is 11.8 Å². The van der Waals surface area contributed by atoms with E-state index in [1.54, 1.807) is 0 Å². The van der Waals surface area contributed by atoms with E-state index in [4.69, 9.17) is 4.74 Å². The van der Waals surface area contributed by atoms with E-state index in [0.29, 0.717) is 0 Å². The van der Waals surface area contributed by atoms with Crippen molar-refractivity contribution in [1.29, 1.82) is 0 Å². The maximum atomic E-state index is 5.74. The molecule has 2 saturated heterocycles. The summed E-state index contributed by atoms with van der Waals surface area (Å²) in [5, 5.41) is 4.58. The molecule has 4 heteroatoms. The van der Waals surface area contributed by atoms with Crippen molar-refractivity contribution in [3.63, 3.8) is 0 Å². The third-order valence-corrected chi connectivity index (χ3v) is 4.18. The molecule has 0 bridgehead atoms. The molecule has 0 aromatic rings. The molecule has 1 N–H and O–H groups in total. The Labute approximate surface area is 102 Å². The number of rotatable bonds is 2. The predicted molar refractivity (Wildman–Crippen MR) is 70.2 cm³/mol. The monoisotopic (exact) mass is 242 g/mol. The van der Waals surface area contributed by atoms with Crippen LogP contribution in [0.2, 0.25) is 0 Å². The Kier molecular flexibility index (Phi) is 3.50. The van der Waals surface area contributed by atoms with Crippen molar-refractivity contribution in [1.82, 2.24) is 5.32 Å². The molecule has 2 heterocycles. The smallest absolute Gasteiger partial charge is 0.157 e. The molecular weight excluding hydrogens is 220 g/mol. The standard InChI is InChI=1S/C12H22N2OS/c1-11(2)6-8-16-10(14-11)13-9-12(3)5-4-7-15-12/h4-9H2,1-3H3,(H,13,14). The number of amidine groups is 1. The summed E-state index contributed by atoms with van der Waals surface area (Å²) in [6.07, 6.45) is 3.51. The Balaban J connectivity index is 1.91. The molecular formula is C12H22N2OS. The van der Waals surface area contributed by atoms with Gasteiger partial charge in [-0.3, -0.25) is 4.99 Å². The molecule has 0 radical (unpaired) electrons. The number of nitrogens with one attached hydrogen (secondary N) is 1. The zero-order valence-corrected chi connectivity index (χ0v) is 11.3. The zero-order chi connectivity index (χ0) is 11.6. The maximum absolute atomic E-state index is 5.74. The Bertz CT molecular complexity index is 283. The van der Waals surface area contributed by atoms with Gasteiger partial charge in [0, 0.05) is 17.9 Å². The highest BCUT2D eigenvalue weighted by molar-refractivity contribution is 8.13. The largest absolute Gasteiger partial charge is 0.373 e. The minimum atomic E-state index is -0.0170. The van der Waals surface area contributed by atoms with Gasteiger partial charge in [-0.1, -0.05) is 11.8 Å². The van der Waals surface area contributed by atoms with Gasteiger partial charge in [0.1, 0.15) is 0 Å². The number of aliphatic imine (C=N–C) groups is 1. The summed E-state index contributed by atoms with van der Waals surface area (Å²) in [4.78, 5) is 4.68. The van der Waals surface area contributed by atoms with Gasteiger partial charge >= 0.3 is 0 Å². The van der Waals surface area contributed by atoms with E-state index in [2.05, 4.69) is 31.1 Å². The first-order valence-electron chi connectivity index (χ1n) is 6.09. The maximum Gasteiger partial charge on any atom is 0.157 e. The molecule has 0 saturated carbocycles. The van der Waals surface area contributed by atoms with Crippen molar-refractivity contribution in [3.8, 4) is 0 Å². The number of ether oxygens (including phenoxy) is 1. The van der Waals surface area contributed by atoms with Gasteiger partial charge in [-0.2, -0.15) is 0 Å². The summed E-state index contributed by atoms with van der Waals surface area (Å²) in [7, 11) is 0. The van der Waals surface area contributed by atoms with E-state index in [0.717, 1.165) is 30.5 Å². The molecule has 0 aromatic carbocycles. The van der Waals surface area contributed by atoms with Gasteiger partial charge < -0.3 is 10.1 Å². The molecule has 2 aliphatic heterocycles. The summed E-state index contributed by atoms with van der Waals surface area (Å²) < 4.78 is 5.74. The van der Waals surface area contributed by atoms with Gasteiger partial charge in [0.25, 0.3) is 0 Å². The lowest BCUT2D eigenvalue weighted by atomic mass is 10.0. The van der Waals surface area contributed by atoms with E-state index in [-0.39, 0.29) is 11.1 Å². The van der Waals surface area contributed by atoms with E-state index in [1.807, 2.05) is 11.8 Å². The summed E-state index contributed by atoms with van der Waals surface area (Å²) in [6, 6.07) is 0. The molecule has 2 aliphatic rings. The second-order valence-electron chi connectivity index (χ2n) is 5.63. The van der Waals surface area contributed by atoms with Crippen molar-refractivity contribution in [2.75, 3.05) is 18.9 Å². The normalized spacial score (nSPS) is 36.3. The van der Waals surface area contributed by atoms with E-state index >= 15 is 0 Å². The van der Waals surface area contributed by atoms with E-state index in [9.17, 15) is 0 Å². The Morgan fingerprint density at radius 1 is 1.38 bits per heavy atom. The van der Waals surface area contributed by atoms with Crippen LogP contribution in [0, 0.1) is 0 Å². The first kappa shape index (κ1) is 12.2. The fourth-order valence-corrected chi connectivity index (χ4v) is 3.39. The van der Waals surface area contributed by atoms with Gasteiger partial charge in [0.05, 0.1) is 12.1 Å². The highest BCUT2D eigenvalue weighted by Gasteiger charge is 2.30. The second-order valence-corrected chi connectivity index (χ2v) is 6.71. The van der Waals surface area contributed by atoms with Gasteiger partial charge in [0.15, 0.2) is 5.17 Å². The highest BCUT2D eigenvalue weighted by atomic mass is 32.2. The molecule has 0 aliphatic carbocycles. The van der Waals surface area contributed by atoms with Crippen LogP contribution in [-0.4, -0.2) is 35.2 Å². The first-order chi connectivity index (χ1) is 7.49. The van der Waals surface area contributed by atoms with Gasteiger partial charge in [0.2, 0.25) is 0 Å². The lowest BCUT2D eigenvalue weighted by Crippen LogP contribution is -2.46. The summed E-state index contributed by atoms with van der Waals surface area (Å²) >= 11 is 1.83. The molecule has 0 spiro atoms. The quantitative estimate of drug-likeness (QED) is 0.807. The predicted octanol–water partition coefficient (Wildman–Crippen LogP) is 2.42. The van der Waals surface area contributed by atoms with Gasteiger partial charge in [-0.25, -0.2) is 0 Å². The van der Waals surface area contributed by atoms with Crippen molar-refractivity contribution in [3.05, 3.63) is 0 Å². The molecule has 92 valence electrons. The Morgan fingerprint density at radius 2 is 2.19 bits per heavy atom. The summed E-state index contributed by atoms with van der Waals surface area (Å²) in [5.74, 6) is 1.16. The average Bonchev–Trinajstić information content (AvgIpc) is 2.62. The van der Waals surface area contributed by atoms with Crippen molar-refractivity contribution in [2.45, 2.75) is 51.2 Å². The highest BCUT2D eigenvalue weighted by Crippen LogP contribution is 2.27. The average molecular weight is 242 g/mol. The van der Waals surface area contributed by atoms with Crippen LogP contribution < -0.4 is 5.32 Å². The third kappa shape index (κ3) is 3.14. The first-order valence-corrected chi connectivity index (χ1v) is 7.07. The molecule has 0 amide bonds. The number of hydrogen-bond donors (Lipinski definition) is 1. The van der Waals surface area contributed by atoms with Crippen molar-refractivity contribution in [2.24, 2.45) is 4.99 Å². The molecule has 1 unspecified atom stereocenters. The topological polar surface area (TPSA) is 33.6 Å². The van der Waals surface area contributed by atoms with Crippen LogP contribution in [0.3, 0.4) is 0 Å². The van der Waals surface area contributed by atoms with Crippen LogP contribution in [0.1, 0.15) is 40.0 Å². The minimum Gasteiger partial charge on any atom is -0.373 e. The lowest BCUT2D eigenvalue weighted by Gasteiger charge is -2.33. The second kappa shape index (κ2) is 4.57. The number of nitrogens with zero attached hydrogens (tertiary/aromatic N) is 1. The molecule has 0 aromatic heterocycles. The lowest BCUT2D eigenvalue weighted by molar-refractivity contribution is 0.0284. The number of thioether (sulfide) groups is 1.